The SMILES string of the molecule is CCOC(=O)[C@H]1C[C@@H](O)C[C@]2(C(=O)OCC)[C@H]3C(=O)N(c4ccccc4)C(=O)[C@H]3[C@@H](c3ccc(OC)cc3)N12. The number of piperidine rings is 1. The summed E-state index contributed by atoms with van der Waals surface area (Å²) in [5.41, 5.74) is -0.755. The van der Waals surface area contributed by atoms with Crippen LogP contribution in [0.25, 0.3) is 0 Å². The summed E-state index contributed by atoms with van der Waals surface area (Å²) < 4.78 is 16.2. The van der Waals surface area contributed by atoms with Crippen molar-refractivity contribution >= 4 is 29.4 Å². The third-order valence-electron chi connectivity index (χ3n) is 8.00. The topological polar surface area (TPSA) is 123 Å². The van der Waals surface area contributed by atoms with Gasteiger partial charge in [-0.15, -0.1) is 0 Å². The normalized spacial score (nSPS) is 30.1. The summed E-state index contributed by atoms with van der Waals surface area (Å²) in [6, 6.07) is 13.6. The molecule has 0 spiro atoms. The van der Waals surface area contributed by atoms with E-state index >= 15 is 0 Å². The van der Waals surface area contributed by atoms with Gasteiger partial charge in [0.2, 0.25) is 11.8 Å². The molecule has 5 rings (SSSR count). The Balaban J connectivity index is 1.75. The molecule has 1 N–H and O–H groups in total. The zero-order valence-corrected chi connectivity index (χ0v) is 22.1. The van der Waals surface area contributed by atoms with Crippen LogP contribution in [0.15, 0.2) is 54.6 Å². The Morgan fingerprint density at radius 2 is 1.64 bits per heavy atom. The summed E-state index contributed by atoms with van der Waals surface area (Å²) in [5.74, 6) is -4.06. The van der Waals surface area contributed by atoms with Crippen LogP contribution in [-0.4, -0.2) is 71.8 Å². The molecule has 6 atom stereocenters. The van der Waals surface area contributed by atoms with E-state index in [1.807, 2.05) is 0 Å². The highest BCUT2D eigenvalue weighted by Gasteiger charge is 2.75. The Labute approximate surface area is 226 Å². The van der Waals surface area contributed by atoms with Crippen LogP contribution >= 0.6 is 0 Å². The van der Waals surface area contributed by atoms with E-state index in [0.717, 1.165) is 4.90 Å². The molecule has 0 unspecified atom stereocenters. The van der Waals surface area contributed by atoms with E-state index in [9.17, 15) is 24.3 Å². The Morgan fingerprint density at radius 1 is 0.974 bits per heavy atom. The summed E-state index contributed by atoms with van der Waals surface area (Å²) in [5, 5.41) is 11.0. The van der Waals surface area contributed by atoms with Gasteiger partial charge in [-0.2, -0.15) is 0 Å². The number of hydrogen-bond donors (Lipinski definition) is 1. The average molecular weight is 537 g/mol. The van der Waals surface area contributed by atoms with Gasteiger partial charge < -0.3 is 19.3 Å². The Bertz CT molecular complexity index is 1270. The van der Waals surface area contributed by atoms with E-state index in [1.54, 1.807) is 73.3 Å². The molecule has 10 heteroatoms. The molecule has 2 aromatic carbocycles. The van der Waals surface area contributed by atoms with E-state index in [0.29, 0.717) is 17.0 Å². The minimum atomic E-state index is -1.77. The summed E-state index contributed by atoms with van der Waals surface area (Å²) >= 11 is 0. The van der Waals surface area contributed by atoms with Crippen LogP contribution in [0.4, 0.5) is 5.69 Å². The fourth-order valence-corrected chi connectivity index (χ4v) is 6.63. The second-order valence-corrected chi connectivity index (χ2v) is 9.98. The molecule has 3 saturated heterocycles. The monoisotopic (exact) mass is 536 g/mol. The lowest BCUT2D eigenvalue weighted by atomic mass is 9.73. The highest BCUT2D eigenvalue weighted by molar-refractivity contribution is 6.24. The van der Waals surface area contributed by atoms with Crippen molar-refractivity contribution in [2.45, 2.75) is 50.4 Å². The molecule has 2 amide bonds. The minimum Gasteiger partial charge on any atom is -0.497 e. The van der Waals surface area contributed by atoms with Crippen molar-refractivity contribution in [1.82, 2.24) is 4.90 Å². The van der Waals surface area contributed by atoms with Gasteiger partial charge in [0.1, 0.15) is 17.3 Å². The van der Waals surface area contributed by atoms with Gasteiger partial charge >= 0.3 is 11.9 Å². The van der Waals surface area contributed by atoms with Crippen molar-refractivity contribution in [3.8, 4) is 5.75 Å². The molecule has 3 fully saturated rings. The van der Waals surface area contributed by atoms with Gasteiger partial charge in [-0.25, -0.2) is 4.90 Å². The molecule has 0 aromatic heterocycles. The van der Waals surface area contributed by atoms with Gasteiger partial charge in [-0.3, -0.25) is 24.1 Å². The number of rotatable bonds is 7. The lowest BCUT2D eigenvalue weighted by Gasteiger charge is -2.49. The molecule has 0 saturated carbocycles. The number of fused-ring (bicyclic) bond motifs is 3. The Morgan fingerprint density at radius 3 is 2.26 bits per heavy atom. The van der Waals surface area contributed by atoms with Crippen LogP contribution in [0, 0.1) is 11.8 Å². The predicted molar refractivity (Wildman–Crippen MR) is 139 cm³/mol. The van der Waals surface area contributed by atoms with E-state index in [4.69, 9.17) is 14.2 Å². The summed E-state index contributed by atoms with van der Waals surface area (Å²) in [6.45, 7) is 3.42. The first-order valence-corrected chi connectivity index (χ1v) is 13.2. The first-order chi connectivity index (χ1) is 18.8. The fourth-order valence-electron chi connectivity index (χ4n) is 6.63. The van der Waals surface area contributed by atoms with Gasteiger partial charge in [-0.1, -0.05) is 30.3 Å². The van der Waals surface area contributed by atoms with Crippen LogP contribution in [-0.2, 0) is 28.7 Å². The number of carbonyl (C=O) groups excluding carboxylic acids is 4. The van der Waals surface area contributed by atoms with Crippen molar-refractivity contribution in [3.63, 3.8) is 0 Å². The number of aliphatic hydroxyl groups is 1. The first-order valence-electron chi connectivity index (χ1n) is 13.2. The van der Waals surface area contributed by atoms with Crippen molar-refractivity contribution in [3.05, 3.63) is 60.2 Å². The number of carbonyl (C=O) groups is 4. The zero-order valence-electron chi connectivity index (χ0n) is 22.1. The Kier molecular flexibility index (Phi) is 7.17. The molecule has 206 valence electrons. The van der Waals surface area contributed by atoms with E-state index < -0.39 is 59.3 Å². The van der Waals surface area contributed by atoms with E-state index in [2.05, 4.69) is 0 Å². The number of anilines is 1. The van der Waals surface area contributed by atoms with Gasteiger partial charge in [0.15, 0.2) is 0 Å². The standard InChI is InChI=1S/C29H32N2O8/c1-4-38-27(35)21-15-19(32)16-29(28(36)39-5-2)23-22(24(31(21)29)17-11-13-20(37-3)14-12-17)25(33)30(26(23)34)18-9-7-6-8-10-18/h6-14,19,21-24,32H,4-5,15-16H2,1-3H3/t19-,21-,22-,23-,24-,29-/m1/s1. The van der Waals surface area contributed by atoms with Gasteiger partial charge in [0.25, 0.3) is 0 Å². The van der Waals surface area contributed by atoms with E-state index in [1.165, 1.54) is 7.11 Å². The molecule has 39 heavy (non-hydrogen) atoms. The number of amides is 2. The quantitative estimate of drug-likeness (QED) is 0.419. The number of aliphatic hydroxyl groups excluding tert-OH is 1. The van der Waals surface area contributed by atoms with Crippen molar-refractivity contribution in [2.75, 3.05) is 25.2 Å². The van der Waals surface area contributed by atoms with Crippen molar-refractivity contribution < 1.29 is 38.5 Å². The maximum Gasteiger partial charge on any atom is 0.327 e. The van der Waals surface area contributed by atoms with Crippen LogP contribution in [0.5, 0.6) is 5.75 Å². The number of hydrogen-bond acceptors (Lipinski definition) is 9. The second-order valence-electron chi connectivity index (χ2n) is 9.98. The number of esters is 2. The zero-order chi connectivity index (χ0) is 27.9. The summed E-state index contributed by atoms with van der Waals surface area (Å²) in [7, 11) is 1.53. The highest BCUT2D eigenvalue weighted by atomic mass is 16.5. The predicted octanol–water partition coefficient (Wildman–Crippen LogP) is 2.25. The van der Waals surface area contributed by atoms with E-state index in [-0.39, 0.29) is 26.1 Å². The molecule has 10 nitrogen and oxygen atoms in total. The third-order valence-corrected chi connectivity index (χ3v) is 8.00. The summed E-state index contributed by atoms with van der Waals surface area (Å²) in [6.07, 6.45) is -1.29. The molecule has 3 aliphatic rings. The molecule has 2 aromatic rings. The van der Waals surface area contributed by atoms with Crippen LogP contribution in [0.2, 0.25) is 0 Å². The number of nitrogens with zero attached hydrogens (tertiary/aromatic N) is 2. The number of para-hydroxylation sites is 1. The maximum absolute atomic E-state index is 14.2. The van der Waals surface area contributed by atoms with Gasteiger partial charge in [0.05, 0.1) is 44.0 Å². The Hall–Kier alpha value is -3.76. The fraction of sp³-hybridized carbons (Fsp3) is 0.448. The molecule has 0 radical (unpaired) electrons. The maximum atomic E-state index is 14.2. The van der Waals surface area contributed by atoms with Crippen LogP contribution in [0.1, 0.15) is 38.3 Å². The second kappa shape index (κ2) is 10.4. The molecule has 3 aliphatic heterocycles. The highest BCUT2D eigenvalue weighted by Crippen LogP contribution is 2.60. The number of methoxy groups -OCH3 is 1. The number of ether oxygens (including phenoxy) is 3. The lowest BCUT2D eigenvalue weighted by Crippen LogP contribution is -2.67. The average Bonchev–Trinajstić information content (AvgIpc) is 3.39. The molecule has 0 bridgehead atoms. The molecule has 0 aliphatic carbocycles. The lowest BCUT2D eigenvalue weighted by molar-refractivity contribution is -0.180. The molecule has 3 heterocycles. The summed E-state index contributed by atoms with van der Waals surface area (Å²) in [4.78, 5) is 58.4. The van der Waals surface area contributed by atoms with Gasteiger partial charge in [0, 0.05) is 12.5 Å². The third kappa shape index (κ3) is 4.09. The first kappa shape index (κ1) is 26.8. The van der Waals surface area contributed by atoms with Crippen LogP contribution < -0.4 is 9.64 Å². The van der Waals surface area contributed by atoms with Gasteiger partial charge in [-0.05, 0) is 50.1 Å². The number of imide groups is 1. The van der Waals surface area contributed by atoms with Crippen molar-refractivity contribution in [2.24, 2.45) is 11.8 Å². The molecular weight excluding hydrogens is 504 g/mol. The smallest absolute Gasteiger partial charge is 0.327 e. The van der Waals surface area contributed by atoms with Crippen molar-refractivity contribution in [1.29, 1.82) is 0 Å². The number of benzene rings is 2. The largest absolute Gasteiger partial charge is 0.497 e. The minimum absolute atomic E-state index is 0.0170. The van der Waals surface area contributed by atoms with Crippen LogP contribution in [0.3, 0.4) is 0 Å². The molecular formula is C29H32N2O8.